The van der Waals surface area contributed by atoms with Crippen LogP contribution in [0.15, 0.2) is 6.20 Å². The van der Waals surface area contributed by atoms with Gasteiger partial charge in [-0.05, 0) is 6.92 Å². The molecule has 0 aliphatic rings. The van der Waals surface area contributed by atoms with Crippen LogP contribution >= 0.6 is 11.3 Å². The number of carbonyl (C=O) groups excluding carboxylic acids is 1. The van der Waals surface area contributed by atoms with Crippen molar-refractivity contribution in [2.75, 3.05) is 0 Å². The van der Waals surface area contributed by atoms with Crippen molar-refractivity contribution in [1.82, 2.24) is 4.98 Å². The van der Waals surface area contributed by atoms with E-state index in [2.05, 4.69) is 4.98 Å². The number of aryl methyl sites for hydroxylation is 1. The number of thiazole rings is 1. The summed E-state index contributed by atoms with van der Waals surface area (Å²) in [4.78, 5) is 14.8. The smallest absolute Gasteiger partial charge is 0.251 e. The zero-order chi connectivity index (χ0) is 8.43. The lowest BCUT2D eigenvalue weighted by Gasteiger charge is -1.99. The van der Waals surface area contributed by atoms with Crippen LogP contribution in [0.25, 0.3) is 0 Å². The molecule has 60 valence electrons. The van der Waals surface area contributed by atoms with Gasteiger partial charge in [-0.3, -0.25) is 4.79 Å². The Kier molecular flexibility index (Phi) is 2.21. The summed E-state index contributed by atoms with van der Waals surface area (Å²) in [6.45, 7) is 1.79. The molecule has 0 saturated carbocycles. The summed E-state index contributed by atoms with van der Waals surface area (Å²) < 4.78 is 0. The summed E-state index contributed by atoms with van der Waals surface area (Å²) in [6.07, 6.45) is 0.247. The van der Waals surface area contributed by atoms with Gasteiger partial charge in [0.2, 0.25) is 0 Å². The SMILES string of the molecule is Cc1ncc(C(O)C(N)=O)s1. The Balaban J connectivity index is 2.84. The lowest BCUT2D eigenvalue weighted by molar-refractivity contribution is -0.126. The number of amides is 1. The van der Waals surface area contributed by atoms with Gasteiger partial charge in [0.05, 0.1) is 9.88 Å². The minimum Gasteiger partial charge on any atom is -0.378 e. The van der Waals surface area contributed by atoms with Gasteiger partial charge in [0.15, 0.2) is 6.10 Å². The van der Waals surface area contributed by atoms with E-state index in [1.807, 2.05) is 0 Å². The Morgan fingerprint density at radius 3 is 2.91 bits per heavy atom. The third kappa shape index (κ3) is 1.75. The number of rotatable bonds is 2. The molecule has 0 aliphatic heterocycles. The van der Waals surface area contributed by atoms with Gasteiger partial charge < -0.3 is 10.8 Å². The predicted molar refractivity (Wildman–Crippen MR) is 41.0 cm³/mol. The molecule has 0 radical (unpaired) electrons. The summed E-state index contributed by atoms with van der Waals surface area (Å²) >= 11 is 1.26. The van der Waals surface area contributed by atoms with E-state index in [4.69, 9.17) is 10.8 Å². The highest BCUT2D eigenvalue weighted by atomic mass is 32.1. The van der Waals surface area contributed by atoms with Gasteiger partial charge in [-0.15, -0.1) is 11.3 Å². The molecule has 1 aromatic rings. The van der Waals surface area contributed by atoms with Gasteiger partial charge in [-0.2, -0.15) is 0 Å². The summed E-state index contributed by atoms with van der Waals surface area (Å²) in [7, 11) is 0. The number of hydrogen-bond donors (Lipinski definition) is 2. The van der Waals surface area contributed by atoms with Crippen molar-refractivity contribution in [2.45, 2.75) is 13.0 Å². The maximum atomic E-state index is 10.5. The second kappa shape index (κ2) is 2.98. The number of nitrogens with zero attached hydrogens (tertiary/aromatic N) is 1. The highest BCUT2D eigenvalue weighted by molar-refractivity contribution is 7.11. The summed E-state index contributed by atoms with van der Waals surface area (Å²) in [5.74, 6) is -0.742. The molecule has 1 rings (SSSR count). The zero-order valence-electron chi connectivity index (χ0n) is 5.94. The second-order valence-corrected chi connectivity index (χ2v) is 3.35. The largest absolute Gasteiger partial charge is 0.378 e. The Hall–Kier alpha value is -0.940. The Morgan fingerprint density at radius 1 is 1.91 bits per heavy atom. The first-order valence-electron chi connectivity index (χ1n) is 3.01. The molecule has 0 bridgehead atoms. The lowest BCUT2D eigenvalue weighted by atomic mass is 10.3. The Labute approximate surface area is 67.7 Å². The van der Waals surface area contributed by atoms with Crippen molar-refractivity contribution in [3.8, 4) is 0 Å². The molecule has 0 saturated heterocycles. The number of aromatic nitrogens is 1. The van der Waals surface area contributed by atoms with Crippen LogP contribution in [0, 0.1) is 6.92 Å². The van der Waals surface area contributed by atoms with Crippen LogP contribution in [0.2, 0.25) is 0 Å². The first-order chi connectivity index (χ1) is 5.11. The maximum Gasteiger partial charge on any atom is 0.251 e. The maximum absolute atomic E-state index is 10.5. The molecule has 4 nitrogen and oxygen atoms in total. The number of hydrogen-bond acceptors (Lipinski definition) is 4. The summed E-state index contributed by atoms with van der Waals surface area (Å²) in [6, 6.07) is 0. The van der Waals surface area contributed by atoms with Crippen LogP contribution in [0.1, 0.15) is 16.0 Å². The van der Waals surface area contributed by atoms with Crippen molar-refractivity contribution < 1.29 is 9.90 Å². The third-order valence-electron chi connectivity index (χ3n) is 1.18. The monoisotopic (exact) mass is 172 g/mol. The third-order valence-corrected chi connectivity index (χ3v) is 2.14. The van der Waals surface area contributed by atoms with E-state index in [1.54, 1.807) is 6.92 Å². The first-order valence-corrected chi connectivity index (χ1v) is 3.82. The molecule has 1 heterocycles. The predicted octanol–water partition coefficient (Wildman–Crippen LogP) is -0.0298. The van der Waals surface area contributed by atoms with Crippen molar-refractivity contribution in [2.24, 2.45) is 5.73 Å². The van der Waals surface area contributed by atoms with E-state index < -0.39 is 12.0 Å². The van der Waals surface area contributed by atoms with Crippen molar-refractivity contribution in [3.05, 3.63) is 16.1 Å². The molecule has 0 aromatic carbocycles. The van der Waals surface area contributed by atoms with Gasteiger partial charge in [0, 0.05) is 6.20 Å². The van der Waals surface area contributed by atoms with Crippen LogP contribution in [0.4, 0.5) is 0 Å². The molecule has 0 aliphatic carbocycles. The fraction of sp³-hybridized carbons (Fsp3) is 0.333. The molecule has 5 heteroatoms. The van der Waals surface area contributed by atoms with Crippen LogP contribution in [-0.2, 0) is 4.79 Å². The minimum absolute atomic E-state index is 0.495. The standard InChI is InChI=1S/C6H8N2O2S/c1-3-8-2-4(11-3)5(9)6(7)10/h2,5,9H,1H3,(H2,7,10). The van der Waals surface area contributed by atoms with Crippen molar-refractivity contribution in [3.63, 3.8) is 0 Å². The molecule has 0 fully saturated rings. The van der Waals surface area contributed by atoms with E-state index in [0.29, 0.717) is 4.88 Å². The summed E-state index contributed by atoms with van der Waals surface area (Å²) in [5, 5.41) is 9.91. The van der Waals surface area contributed by atoms with Gasteiger partial charge in [0.1, 0.15) is 0 Å². The number of nitrogens with two attached hydrogens (primary N) is 1. The van der Waals surface area contributed by atoms with E-state index in [1.165, 1.54) is 17.5 Å². The number of primary amides is 1. The molecule has 1 aromatic heterocycles. The van der Waals surface area contributed by atoms with Crippen LogP contribution in [0.3, 0.4) is 0 Å². The highest BCUT2D eigenvalue weighted by Gasteiger charge is 2.15. The van der Waals surface area contributed by atoms with E-state index in [0.717, 1.165) is 5.01 Å². The van der Waals surface area contributed by atoms with Crippen LogP contribution < -0.4 is 5.73 Å². The average molecular weight is 172 g/mol. The van der Waals surface area contributed by atoms with Crippen molar-refractivity contribution in [1.29, 1.82) is 0 Å². The first kappa shape index (κ1) is 8.16. The molecule has 1 amide bonds. The van der Waals surface area contributed by atoms with Gasteiger partial charge >= 0.3 is 0 Å². The fourth-order valence-electron chi connectivity index (χ4n) is 0.644. The number of carbonyl (C=O) groups is 1. The molecule has 1 atom stereocenters. The van der Waals surface area contributed by atoms with E-state index >= 15 is 0 Å². The fourth-order valence-corrected chi connectivity index (χ4v) is 1.42. The molecular formula is C6H8N2O2S. The topological polar surface area (TPSA) is 76.2 Å². The quantitative estimate of drug-likeness (QED) is 0.657. The van der Waals surface area contributed by atoms with E-state index in [9.17, 15) is 4.79 Å². The van der Waals surface area contributed by atoms with Crippen molar-refractivity contribution >= 4 is 17.2 Å². The minimum atomic E-state index is -1.21. The molecule has 0 spiro atoms. The Morgan fingerprint density at radius 2 is 2.55 bits per heavy atom. The molecule has 1 unspecified atom stereocenters. The zero-order valence-corrected chi connectivity index (χ0v) is 6.76. The number of aliphatic hydroxyl groups excluding tert-OH is 1. The van der Waals surface area contributed by atoms with E-state index in [-0.39, 0.29) is 0 Å². The van der Waals surface area contributed by atoms with Crippen LogP contribution in [0.5, 0.6) is 0 Å². The van der Waals surface area contributed by atoms with Gasteiger partial charge in [0.25, 0.3) is 5.91 Å². The Bertz CT molecular complexity index is 271. The van der Waals surface area contributed by atoms with Crippen LogP contribution in [-0.4, -0.2) is 16.0 Å². The molecule has 3 N–H and O–H groups in total. The average Bonchev–Trinajstić information content (AvgIpc) is 2.34. The lowest BCUT2D eigenvalue weighted by Crippen LogP contribution is -2.19. The normalized spacial score (nSPS) is 12.9. The van der Waals surface area contributed by atoms with Gasteiger partial charge in [-0.25, -0.2) is 4.98 Å². The molecular weight excluding hydrogens is 164 g/mol. The number of aliphatic hydroxyl groups is 1. The molecule has 11 heavy (non-hydrogen) atoms. The summed E-state index contributed by atoms with van der Waals surface area (Å²) in [5.41, 5.74) is 4.87. The second-order valence-electron chi connectivity index (χ2n) is 2.09. The highest BCUT2D eigenvalue weighted by Crippen LogP contribution is 2.19. The van der Waals surface area contributed by atoms with Gasteiger partial charge in [-0.1, -0.05) is 0 Å².